The van der Waals surface area contributed by atoms with Crippen molar-refractivity contribution in [2.24, 2.45) is 4.99 Å². The zero-order chi connectivity index (χ0) is 18.2. The first-order valence-corrected chi connectivity index (χ1v) is 7.55. The number of aromatic nitrogens is 2. The summed E-state index contributed by atoms with van der Waals surface area (Å²) in [4.78, 5) is 14.3. The Morgan fingerprint density at radius 1 is 1.28 bits per heavy atom. The van der Waals surface area contributed by atoms with E-state index in [1.165, 1.54) is 0 Å². The molecule has 0 fully saturated rings. The third-order valence-corrected chi connectivity index (χ3v) is 3.41. The standard InChI is InChI=1S/C17H20N6O2/c1-20-14-15(19)21-17(25-9-8-24-3)22-16(14)23(2)11-13-6-4-12(10-18)5-7-13/h4-7H,1,8-9,11H2,2-3H3,(H2,19,21,22). The van der Waals surface area contributed by atoms with Gasteiger partial charge in [-0.25, -0.2) is 0 Å². The number of nitrogen functional groups attached to an aromatic ring is 1. The van der Waals surface area contributed by atoms with Gasteiger partial charge in [-0.2, -0.15) is 15.2 Å². The van der Waals surface area contributed by atoms with Gasteiger partial charge in [-0.05, 0) is 24.4 Å². The molecule has 0 aliphatic heterocycles. The number of nitrogens with two attached hydrogens (primary N) is 1. The fraction of sp³-hybridized carbons (Fsp3) is 0.294. The highest BCUT2D eigenvalue weighted by molar-refractivity contribution is 5.75. The maximum Gasteiger partial charge on any atom is 0.320 e. The molecular formula is C17H20N6O2. The molecule has 0 amide bonds. The van der Waals surface area contributed by atoms with E-state index in [4.69, 9.17) is 20.5 Å². The second-order valence-corrected chi connectivity index (χ2v) is 5.23. The van der Waals surface area contributed by atoms with Crippen LogP contribution in [0.4, 0.5) is 17.3 Å². The Kier molecular flexibility index (Phi) is 6.26. The van der Waals surface area contributed by atoms with Crippen molar-refractivity contribution in [1.82, 2.24) is 9.97 Å². The summed E-state index contributed by atoms with van der Waals surface area (Å²) < 4.78 is 10.4. The summed E-state index contributed by atoms with van der Waals surface area (Å²) in [5, 5.41) is 8.87. The van der Waals surface area contributed by atoms with Crippen LogP contribution in [0.2, 0.25) is 0 Å². The van der Waals surface area contributed by atoms with Gasteiger partial charge < -0.3 is 20.1 Å². The normalized spacial score (nSPS) is 10.1. The number of ether oxygens (including phenoxy) is 2. The number of aliphatic imine (C=N–C) groups is 1. The van der Waals surface area contributed by atoms with Crippen molar-refractivity contribution < 1.29 is 9.47 Å². The minimum absolute atomic E-state index is 0.156. The van der Waals surface area contributed by atoms with Gasteiger partial charge in [-0.1, -0.05) is 12.1 Å². The fourth-order valence-corrected chi connectivity index (χ4v) is 2.17. The van der Waals surface area contributed by atoms with Crippen LogP contribution in [0, 0.1) is 11.3 Å². The molecule has 0 unspecified atom stereocenters. The van der Waals surface area contributed by atoms with E-state index in [2.05, 4.69) is 27.7 Å². The number of rotatable bonds is 8. The third-order valence-electron chi connectivity index (χ3n) is 3.41. The number of methoxy groups -OCH3 is 1. The molecule has 2 N–H and O–H groups in total. The molecule has 0 aliphatic carbocycles. The average Bonchev–Trinajstić information content (AvgIpc) is 2.62. The van der Waals surface area contributed by atoms with Crippen LogP contribution in [0.1, 0.15) is 11.1 Å². The van der Waals surface area contributed by atoms with Gasteiger partial charge in [0.15, 0.2) is 11.6 Å². The molecule has 0 aliphatic rings. The second-order valence-electron chi connectivity index (χ2n) is 5.23. The summed E-state index contributed by atoms with van der Waals surface area (Å²) in [5.41, 5.74) is 7.97. The van der Waals surface area contributed by atoms with Crippen LogP contribution in [0.5, 0.6) is 6.01 Å². The van der Waals surface area contributed by atoms with E-state index < -0.39 is 0 Å². The molecule has 2 aromatic rings. The maximum atomic E-state index is 8.87. The first kappa shape index (κ1) is 18.2. The molecule has 0 saturated carbocycles. The SMILES string of the molecule is C=Nc1c(N)nc(OCCOC)nc1N(C)Cc1ccc(C#N)cc1. The van der Waals surface area contributed by atoms with Crippen LogP contribution in [0.3, 0.4) is 0 Å². The zero-order valence-electron chi connectivity index (χ0n) is 14.3. The monoisotopic (exact) mass is 340 g/mol. The first-order chi connectivity index (χ1) is 12.1. The number of hydrogen-bond donors (Lipinski definition) is 1. The largest absolute Gasteiger partial charge is 0.461 e. The predicted octanol–water partition coefficient (Wildman–Crippen LogP) is 1.92. The van der Waals surface area contributed by atoms with E-state index in [-0.39, 0.29) is 11.8 Å². The lowest BCUT2D eigenvalue weighted by molar-refractivity contribution is 0.141. The topological polar surface area (TPSA) is 110 Å². The van der Waals surface area contributed by atoms with Crippen molar-refractivity contribution in [2.75, 3.05) is 38.0 Å². The smallest absolute Gasteiger partial charge is 0.320 e. The van der Waals surface area contributed by atoms with Crippen LogP contribution in [-0.4, -0.2) is 44.1 Å². The van der Waals surface area contributed by atoms with Crippen LogP contribution >= 0.6 is 0 Å². The van der Waals surface area contributed by atoms with Crippen molar-refractivity contribution >= 4 is 24.0 Å². The van der Waals surface area contributed by atoms with Crippen LogP contribution in [0.25, 0.3) is 0 Å². The molecule has 0 saturated heterocycles. The van der Waals surface area contributed by atoms with Crippen molar-refractivity contribution in [3.8, 4) is 12.1 Å². The summed E-state index contributed by atoms with van der Waals surface area (Å²) in [6.07, 6.45) is 0. The third kappa shape index (κ3) is 4.65. The zero-order valence-corrected chi connectivity index (χ0v) is 14.3. The molecule has 0 spiro atoms. The highest BCUT2D eigenvalue weighted by Gasteiger charge is 2.16. The molecule has 1 aromatic carbocycles. The van der Waals surface area contributed by atoms with E-state index in [0.29, 0.717) is 36.8 Å². The van der Waals surface area contributed by atoms with Gasteiger partial charge in [-0.3, -0.25) is 4.99 Å². The Bertz CT molecular complexity index is 770. The number of benzene rings is 1. The minimum atomic E-state index is 0.156. The molecule has 0 atom stereocenters. The Labute approximate surface area is 146 Å². The lowest BCUT2D eigenvalue weighted by atomic mass is 10.1. The molecule has 8 heteroatoms. The van der Waals surface area contributed by atoms with E-state index in [1.54, 1.807) is 19.2 Å². The molecule has 1 heterocycles. The molecule has 8 nitrogen and oxygen atoms in total. The Balaban J connectivity index is 2.24. The van der Waals surface area contributed by atoms with Crippen molar-refractivity contribution in [3.05, 3.63) is 35.4 Å². The van der Waals surface area contributed by atoms with Crippen LogP contribution in [0.15, 0.2) is 29.3 Å². The molecule has 0 radical (unpaired) electrons. The Morgan fingerprint density at radius 3 is 2.60 bits per heavy atom. The van der Waals surface area contributed by atoms with Gasteiger partial charge in [0.2, 0.25) is 0 Å². The lowest BCUT2D eigenvalue weighted by Gasteiger charge is -2.21. The van der Waals surface area contributed by atoms with E-state index >= 15 is 0 Å². The minimum Gasteiger partial charge on any atom is -0.461 e. The van der Waals surface area contributed by atoms with Gasteiger partial charge in [0.05, 0.1) is 18.2 Å². The first-order valence-electron chi connectivity index (χ1n) is 7.55. The summed E-state index contributed by atoms with van der Waals surface area (Å²) in [7, 11) is 3.44. The summed E-state index contributed by atoms with van der Waals surface area (Å²) in [6.45, 7) is 4.81. The molecule has 2 rings (SSSR count). The fourth-order valence-electron chi connectivity index (χ4n) is 2.17. The average molecular weight is 340 g/mol. The van der Waals surface area contributed by atoms with Crippen molar-refractivity contribution in [2.45, 2.75) is 6.54 Å². The van der Waals surface area contributed by atoms with E-state index in [0.717, 1.165) is 5.56 Å². The van der Waals surface area contributed by atoms with E-state index in [9.17, 15) is 0 Å². The highest BCUT2D eigenvalue weighted by Crippen LogP contribution is 2.33. The number of nitriles is 1. The molecular weight excluding hydrogens is 320 g/mol. The Morgan fingerprint density at radius 2 is 2.00 bits per heavy atom. The Hall–Kier alpha value is -3.18. The lowest BCUT2D eigenvalue weighted by Crippen LogP contribution is -2.19. The molecule has 0 bridgehead atoms. The van der Waals surface area contributed by atoms with Gasteiger partial charge in [0.1, 0.15) is 12.3 Å². The van der Waals surface area contributed by atoms with Crippen LogP contribution < -0.4 is 15.4 Å². The predicted molar refractivity (Wildman–Crippen MR) is 96.3 cm³/mol. The number of anilines is 2. The van der Waals surface area contributed by atoms with Crippen molar-refractivity contribution in [1.29, 1.82) is 5.26 Å². The number of hydrogen-bond acceptors (Lipinski definition) is 8. The van der Waals surface area contributed by atoms with Gasteiger partial charge >= 0.3 is 6.01 Å². The van der Waals surface area contributed by atoms with Gasteiger partial charge in [0, 0.05) is 20.7 Å². The summed E-state index contributed by atoms with van der Waals surface area (Å²) in [6, 6.07) is 9.56. The second kappa shape index (κ2) is 8.61. The van der Waals surface area contributed by atoms with Gasteiger partial charge in [-0.15, -0.1) is 0 Å². The van der Waals surface area contributed by atoms with Crippen molar-refractivity contribution in [3.63, 3.8) is 0 Å². The van der Waals surface area contributed by atoms with Gasteiger partial charge in [0.25, 0.3) is 0 Å². The molecule has 25 heavy (non-hydrogen) atoms. The summed E-state index contributed by atoms with van der Waals surface area (Å²) in [5.74, 6) is 0.707. The highest BCUT2D eigenvalue weighted by atomic mass is 16.5. The van der Waals surface area contributed by atoms with Crippen LogP contribution in [-0.2, 0) is 11.3 Å². The number of nitrogens with zero attached hydrogens (tertiary/aromatic N) is 5. The quantitative estimate of drug-likeness (QED) is 0.577. The maximum absolute atomic E-state index is 8.87. The summed E-state index contributed by atoms with van der Waals surface area (Å²) >= 11 is 0. The molecule has 1 aromatic heterocycles. The van der Waals surface area contributed by atoms with E-state index in [1.807, 2.05) is 24.1 Å². The molecule has 130 valence electrons.